The lowest BCUT2D eigenvalue weighted by Crippen LogP contribution is -2.32. The standard InChI is InChI=1S/C23H31NO7S/c1-13-19(22(25)30-7)14(2)24-15(3)20(13)23(26)31-9-8-10-32-16-11-17(27-4)21(29-6)18(12-16)28-5/h11-13,24H,8-10H2,1-7H3. The first-order chi connectivity index (χ1) is 15.3. The summed E-state index contributed by atoms with van der Waals surface area (Å²) in [6, 6.07) is 3.76. The van der Waals surface area contributed by atoms with Crippen molar-refractivity contribution < 1.29 is 33.3 Å². The van der Waals surface area contributed by atoms with Crippen molar-refractivity contribution in [2.75, 3.05) is 40.8 Å². The number of rotatable bonds is 10. The van der Waals surface area contributed by atoms with Crippen molar-refractivity contribution in [1.29, 1.82) is 0 Å². The topological polar surface area (TPSA) is 92.3 Å². The van der Waals surface area contributed by atoms with Gasteiger partial charge in [-0.05, 0) is 32.4 Å². The monoisotopic (exact) mass is 465 g/mol. The Morgan fingerprint density at radius 2 is 1.50 bits per heavy atom. The van der Waals surface area contributed by atoms with E-state index in [0.29, 0.717) is 46.2 Å². The predicted octanol–water partition coefficient (Wildman–Crippen LogP) is 3.70. The number of allylic oxidation sites excluding steroid dienone is 2. The fourth-order valence-electron chi connectivity index (χ4n) is 3.61. The van der Waals surface area contributed by atoms with Gasteiger partial charge in [-0.3, -0.25) is 0 Å². The van der Waals surface area contributed by atoms with Gasteiger partial charge < -0.3 is 29.0 Å². The molecule has 2 rings (SSSR count). The van der Waals surface area contributed by atoms with E-state index in [4.69, 9.17) is 23.7 Å². The highest BCUT2D eigenvalue weighted by molar-refractivity contribution is 7.99. The van der Waals surface area contributed by atoms with Crippen LogP contribution in [0.25, 0.3) is 0 Å². The first-order valence-electron chi connectivity index (χ1n) is 10.2. The smallest absolute Gasteiger partial charge is 0.336 e. The number of hydrogen-bond donors (Lipinski definition) is 1. The Balaban J connectivity index is 1.93. The maximum atomic E-state index is 12.7. The summed E-state index contributed by atoms with van der Waals surface area (Å²) >= 11 is 1.59. The Morgan fingerprint density at radius 3 is 2.00 bits per heavy atom. The van der Waals surface area contributed by atoms with Crippen molar-refractivity contribution in [1.82, 2.24) is 5.32 Å². The number of benzene rings is 1. The second-order valence-electron chi connectivity index (χ2n) is 7.11. The van der Waals surface area contributed by atoms with Crippen LogP contribution in [0.5, 0.6) is 17.2 Å². The zero-order chi connectivity index (χ0) is 23.8. The number of ether oxygens (including phenoxy) is 5. The van der Waals surface area contributed by atoms with Crippen LogP contribution in [-0.4, -0.2) is 52.7 Å². The second-order valence-corrected chi connectivity index (χ2v) is 8.28. The summed E-state index contributed by atoms with van der Waals surface area (Å²) in [5, 5.41) is 3.08. The molecule has 0 saturated heterocycles. The highest BCUT2D eigenvalue weighted by Crippen LogP contribution is 2.41. The maximum absolute atomic E-state index is 12.7. The molecule has 1 N–H and O–H groups in total. The number of carbonyl (C=O) groups is 2. The molecule has 1 aromatic carbocycles. The third-order valence-corrected chi connectivity index (χ3v) is 6.16. The predicted molar refractivity (Wildman–Crippen MR) is 122 cm³/mol. The third kappa shape index (κ3) is 5.70. The lowest BCUT2D eigenvalue weighted by molar-refractivity contribution is -0.139. The van der Waals surface area contributed by atoms with Crippen LogP contribution >= 0.6 is 11.8 Å². The first-order valence-corrected chi connectivity index (χ1v) is 11.1. The first kappa shape index (κ1) is 25.5. The minimum absolute atomic E-state index is 0.260. The molecular formula is C23H31NO7S. The van der Waals surface area contributed by atoms with Crippen molar-refractivity contribution in [2.24, 2.45) is 5.92 Å². The van der Waals surface area contributed by atoms with E-state index < -0.39 is 17.9 Å². The van der Waals surface area contributed by atoms with Gasteiger partial charge in [0.1, 0.15) is 0 Å². The van der Waals surface area contributed by atoms with Crippen molar-refractivity contribution >= 4 is 23.7 Å². The van der Waals surface area contributed by atoms with E-state index in [2.05, 4.69) is 5.32 Å². The number of hydrogen-bond acceptors (Lipinski definition) is 9. The van der Waals surface area contributed by atoms with Crippen LogP contribution in [0.15, 0.2) is 39.6 Å². The largest absolute Gasteiger partial charge is 0.493 e. The number of thioether (sulfide) groups is 1. The van der Waals surface area contributed by atoms with Gasteiger partial charge in [0.25, 0.3) is 0 Å². The summed E-state index contributed by atoms with van der Waals surface area (Å²) < 4.78 is 26.4. The molecule has 0 amide bonds. The van der Waals surface area contributed by atoms with Gasteiger partial charge >= 0.3 is 11.9 Å². The highest BCUT2D eigenvalue weighted by atomic mass is 32.2. The molecule has 9 heteroatoms. The average Bonchev–Trinajstić information content (AvgIpc) is 2.77. The van der Waals surface area contributed by atoms with Crippen LogP contribution < -0.4 is 19.5 Å². The summed E-state index contributed by atoms with van der Waals surface area (Å²) in [5.74, 6) is 1.15. The average molecular weight is 466 g/mol. The molecule has 0 bridgehead atoms. The quantitative estimate of drug-likeness (QED) is 0.315. The Morgan fingerprint density at radius 1 is 0.938 bits per heavy atom. The normalized spacial score (nSPS) is 15.8. The van der Waals surface area contributed by atoms with Crippen LogP contribution in [0.1, 0.15) is 27.2 Å². The van der Waals surface area contributed by atoms with Crippen molar-refractivity contribution in [3.05, 3.63) is 34.7 Å². The van der Waals surface area contributed by atoms with E-state index in [-0.39, 0.29) is 6.61 Å². The van der Waals surface area contributed by atoms with E-state index >= 15 is 0 Å². The fourth-order valence-corrected chi connectivity index (χ4v) is 4.49. The highest BCUT2D eigenvalue weighted by Gasteiger charge is 2.33. The molecule has 8 nitrogen and oxygen atoms in total. The molecule has 1 atom stereocenters. The minimum atomic E-state index is -0.456. The van der Waals surface area contributed by atoms with Gasteiger partial charge in [0.15, 0.2) is 11.5 Å². The molecule has 0 fully saturated rings. The molecule has 1 unspecified atom stereocenters. The third-order valence-electron chi connectivity index (χ3n) is 5.10. The van der Waals surface area contributed by atoms with Gasteiger partial charge in [-0.25, -0.2) is 9.59 Å². The molecule has 0 saturated carbocycles. The molecule has 0 aliphatic carbocycles. The number of nitrogens with one attached hydrogen (secondary N) is 1. The zero-order valence-corrected chi connectivity index (χ0v) is 20.4. The second kappa shape index (κ2) is 11.7. The summed E-state index contributed by atoms with van der Waals surface area (Å²) in [6.07, 6.45) is 0.653. The van der Waals surface area contributed by atoms with Crippen molar-refractivity contribution in [2.45, 2.75) is 32.1 Å². The summed E-state index contributed by atoms with van der Waals surface area (Å²) in [7, 11) is 6.04. The molecule has 1 aliphatic rings. The number of dihydropyridines is 1. The Kier molecular flexibility index (Phi) is 9.31. The van der Waals surface area contributed by atoms with Crippen molar-refractivity contribution in [3.8, 4) is 17.2 Å². The summed E-state index contributed by atoms with van der Waals surface area (Å²) in [4.78, 5) is 25.8. The van der Waals surface area contributed by atoms with E-state index in [9.17, 15) is 9.59 Å². The Bertz CT molecular complexity index is 898. The molecule has 176 valence electrons. The van der Waals surface area contributed by atoms with Gasteiger partial charge in [-0.1, -0.05) is 6.92 Å². The van der Waals surface area contributed by atoms with Crippen LogP contribution in [-0.2, 0) is 19.1 Å². The van der Waals surface area contributed by atoms with Gasteiger partial charge in [0, 0.05) is 28.0 Å². The SMILES string of the molecule is COC(=O)C1=C(C)NC(C)=C(C(=O)OCCCSc2cc(OC)c(OC)c(OC)c2)C1C. The molecule has 0 spiro atoms. The minimum Gasteiger partial charge on any atom is -0.493 e. The van der Waals surface area contributed by atoms with Gasteiger partial charge in [-0.15, -0.1) is 11.8 Å². The Hall–Kier alpha value is -2.81. The fraction of sp³-hybridized carbons (Fsp3) is 0.478. The molecule has 1 aliphatic heterocycles. The lowest BCUT2D eigenvalue weighted by atomic mass is 9.87. The van der Waals surface area contributed by atoms with Crippen LogP contribution in [0.2, 0.25) is 0 Å². The van der Waals surface area contributed by atoms with Gasteiger partial charge in [-0.2, -0.15) is 0 Å². The summed E-state index contributed by atoms with van der Waals surface area (Å²) in [5.41, 5.74) is 2.23. The molecule has 1 aromatic rings. The molecule has 1 heterocycles. The van der Waals surface area contributed by atoms with Gasteiger partial charge in [0.2, 0.25) is 5.75 Å². The van der Waals surface area contributed by atoms with Crippen LogP contribution in [0, 0.1) is 5.92 Å². The summed E-state index contributed by atoms with van der Waals surface area (Å²) in [6.45, 7) is 5.65. The van der Waals surface area contributed by atoms with E-state index in [1.807, 2.05) is 12.1 Å². The van der Waals surface area contributed by atoms with E-state index in [0.717, 1.165) is 10.6 Å². The van der Waals surface area contributed by atoms with Crippen LogP contribution in [0.4, 0.5) is 0 Å². The van der Waals surface area contributed by atoms with Crippen molar-refractivity contribution in [3.63, 3.8) is 0 Å². The molecular weight excluding hydrogens is 434 g/mol. The van der Waals surface area contributed by atoms with E-state index in [1.165, 1.54) is 7.11 Å². The zero-order valence-electron chi connectivity index (χ0n) is 19.6. The molecule has 0 radical (unpaired) electrons. The maximum Gasteiger partial charge on any atom is 0.336 e. The number of carbonyl (C=O) groups excluding carboxylic acids is 2. The van der Waals surface area contributed by atoms with Gasteiger partial charge in [0.05, 0.1) is 46.2 Å². The van der Waals surface area contributed by atoms with Crippen LogP contribution in [0.3, 0.4) is 0 Å². The molecule has 32 heavy (non-hydrogen) atoms. The number of esters is 2. The van der Waals surface area contributed by atoms with E-state index in [1.54, 1.807) is 53.9 Å². The number of methoxy groups -OCH3 is 4. The Labute approximate surface area is 193 Å². The lowest BCUT2D eigenvalue weighted by Gasteiger charge is -2.27. The molecule has 0 aromatic heterocycles.